The summed E-state index contributed by atoms with van der Waals surface area (Å²) in [6.45, 7) is 1.55. The van der Waals surface area contributed by atoms with E-state index in [1.54, 1.807) is 7.11 Å². The first-order valence-electron chi connectivity index (χ1n) is 6.94. The summed E-state index contributed by atoms with van der Waals surface area (Å²) >= 11 is 0. The van der Waals surface area contributed by atoms with E-state index in [4.69, 9.17) is 4.74 Å². The number of rotatable bonds is 10. The predicted octanol–water partition coefficient (Wildman–Crippen LogP) is 0.624. The Hall–Kier alpha value is -1.69. The lowest BCUT2D eigenvalue weighted by molar-refractivity contribution is -0.137. The molecule has 0 unspecified atom stereocenters. The molecule has 1 heterocycles. The lowest BCUT2D eigenvalue weighted by Gasteiger charge is -2.13. The predicted molar refractivity (Wildman–Crippen MR) is 73.8 cm³/mol. The Kier molecular flexibility index (Phi) is 7.57. The minimum Gasteiger partial charge on any atom is -0.385 e. The van der Waals surface area contributed by atoms with Gasteiger partial charge in [0, 0.05) is 45.4 Å². The molecule has 6 heteroatoms. The van der Waals surface area contributed by atoms with Gasteiger partial charge in [0.05, 0.1) is 0 Å². The molecule has 0 atom stereocenters. The molecule has 0 saturated carbocycles. The number of amides is 3. The molecular formula is C14H22N2O4. The van der Waals surface area contributed by atoms with Gasteiger partial charge in [0.2, 0.25) is 5.91 Å². The van der Waals surface area contributed by atoms with Crippen LogP contribution < -0.4 is 5.32 Å². The number of hydrogen-bond donors (Lipinski definition) is 1. The summed E-state index contributed by atoms with van der Waals surface area (Å²) in [5, 5.41) is 2.79. The van der Waals surface area contributed by atoms with Crippen LogP contribution in [0, 0.1) is 0 Å². The van der Waals surface area contributed by atoms with Crippen molar-refractivity contribution in [2.75, 3.05) is 26.8 Å². The summed E-state index contributed by atoms with van der Waals surface area (Å²) in [5.41, 5.74) is 0. The standard InChI is InChI=1S/C14H22N2O4/c1-20-11-5-3-2-4-9-15-12(17)8-10-16-13(18)6-7-14(16)19/h6-7H,2-5,8-11H2,1H3,(H,15,17). The van der Waals surface area contributed by atoms with Crippen LogP contribution in [0.2, 0.25) is 0 Å². The number of nitrogens with zero attached hydrogens (tertiary/aromatic N) is 1. The Labute approximate surface area is 119 Å². The first-order chi connectivity index (χ1) is 9.65. The minimum atomic E-state index is -0.346. The zero-order chi connectivity index (χ0) is 14.8. The molecule has 1 rings (SSSR count). The molecule has 3 amide bonds. The van der Waals surface area contributed by atoms with Crippen molar-refractivity contribution >= 4 is 17.7 Å². The smallest absolute Gasteiger partial charge is 0.253 e. The maximum absolute atomic E-state index is 11.5. The Bertz CT molecular complexity index is 361. The molecule has 1 N–H and O–H groups in total. The molecule has 0 radical (unpaired) electrons. The Balaban J connectivity index is 2.01. The highest BCUT2D eigenvalue weighted by molar-refractivity contribution is 6.13. The van der Waals surface area contributed by atoms with Gasteiger partial charge in [-0.15, -0.1) is 0 Å². The van der Waals surface area contributed by atoms with Crippen molar-refractivity contribution < 1.29 is 19.1 Å². The summed E-state index contributed by atoms with van der Waals surface area (Å²) in [6.07, 6.45) is 6.71. The van der Waals surface area contributed by atoms with Gasteiger partial charge in [0.15, 0.2) is 0 Å². The number of carbonyl (C=O) groups is 3. The fourth-order valence-corrected chi connectivity index (χ4v) is 1.91. The number of methoxy groups -OCH3 is 1. The Morgan fingerprint density at radius 1 is 1.15 bits per heavy atom. The number of imide groups is 1. The van der Waals surface area contributed by atoms with Crippen LogP contribution in [0.15, 0.2) is 12.2 Å². The highest BCUT2D eigenvalue weighted by Gasteiger charge is 2.23. The summed E-state index contributed by atoms with van der Waals surface area (Å²) < 4.78 is 4.95. The van der Waals surface area contributed by atoms with E-state index in [9.17, 15) is 14.4 Å². The molecule has 0 aromatic heterocycles. The third-order valence-electron chi connectivity index (χ3n) is 3.06. The Morgan fingerprint density at radius 3 is 2.45 bits per heavy atom. The van der Waals surface area contributed by atoms with Gasteiger partial charge in [0.1, 0.15) is 0 Å². The third kappa shape index (κ3) is 5.97. The topological polar surface area (TPSA) is 75.7 Å². The Morgan fingerprint density at radius 2 is 1.80 bits per heavy atom. The number of nitrogens with one attached hydrogen (secondary N) is 1. The summed E-state index contributed by atoms with van der Waals surface area (Å²) in [6, 6.07) is 0. The average molecular weight is 282 g/mol. The number of ether oxygens (including phenoxy) is 1. The van der Waals surface area contributed by atoms with Crippen molar-refractivity contribution in [1.82, 2.24) is 10.2 Å². The van der Waals surface area contributed by atoms with Gasteiger partial charge in [0.25, 0.3) is 11.8 Å². The van der Waals surface area contributed by atoms with Crippen molar-refractivity contribution in [3.63, 3.8) is 0 Å². The second-order valence-electron chi connectivity index (χ2n) is 4.67. The monoisotopic (exact) mass is 282 g/mol. The molecule has 0 bridgehead atoms. The van der Waals surface area contributed by atoms with Gasteiger partial charge in [-0.25, -0.2) is 0 Å². The van der Waals surface area contributed by atoms with Crippen LogP contribution in [-0.4, -0.2) is 49.4 Å². The summed E-state index contributed by atoms with van der Waals surface area (Å²) in [4.78, 5) is 35.1. The van der Waals surface area contributed by atoms with Crippen molar-refractivity contribution in [2.45, 2.75) is 32.1 Å². The molecule has 112 valence electrons. The van der Waals surface area contributed by atoms with E-state index in [-0.39, 0.29) is 30.7 Å². The lowest BCUT2D eigenvalue weighted by atomic mass is 10.2. The zero-order valence-corrected chi connectivity index (χ0v) is 11.9. The van der Waals surface area contributed by atoms with Gasteiger partial charge in [-0.1, -0.05) is 12.8 Å². The molecule has 0 saturated heterocycles. The lowest BCUT2D eigenvalue weighted by Crippen LogP contribution is -2.34. The van der Waals surface area contributed by atoms with E-state index in [1.165, 1.54) is 12.2 Å². The van der Waals surface area contributed by atoms with Crippen molar-refractivity contribution in [3.05, 3.63) is 12.2 Å². The minimum absolute atomic E-state index is 0.130. The molecule has 0 aromatic rings. The van der Waals surface area contributed by atoms with E-state index in [2.05, 4.69) is 5.32 Å². The van der Waals surface area contributed by atoms with Crippen LogP contribution in [0.3, 0.4) is 0 Å². The summed E-state index contributed by atoms with van der Waals surface area (Å²) in [7, 11) is 1.69. The maximum Gasteiger partial charge on any atom is 0.253 e. The van der Waals surface area contributed by atoms with E-state index in [1.807, 2.05) is 0 Å². The molecule has 0 aliphatic carbocycles. The summed E-state index contributed by atoms with van der Waals surface area (Å²) in [5.74, 6) is -0.823. The van der Waals surface area contributed by atoms with Gasteiger partial charge >= 0.3 is 0 Å². The third-order valence-corrected chi connectivity index (χ3v) is 3.06. The van der Waals surface area contributed by atoms with Gasteiger partial charge in [-0.2, -0.15) is 0 Å². The SMILES string of the molecule is COCCCCCCNC(=O)CCN1C(=O)C=CC1=O. The normalized spacial score (nSPS) is 14.2. The fraction of sp³-hybridized carbons (Fsp3) is 0.643. The van der Waals surface area contributed by atoms with E-state index in [0.29, 0.717) is 6.54 Å². The van der Waals surface area contributed by atoms with Crippen molar-refractivity contribution in [3.8, 4) is 0 Å². The number of unbranched alkanes of at least 4 members (excludes halogenated alkanes) is 3. The van der Waals surface area contributed by atoms with E-state index < -0.39 is 0 Å². The molecular weight excluding hydrogens is 260 g/mol. The molecule has 20 heavy (non-hydrogen) atoms. The first-order valence-corrected chi connectivity index (χ1v) is 6.94. The van der Waals surface area contributed by atoms with Gasteiger partial charge in [-0.3, -0.25) is 19.3 Å². The largest absolute Gasteiger partial charge is 0.385 e. The first kappa shape index (κ1) is 16.4. The number of carbonyl (C=O) groups excluding carboxylic acids is 3. The van der Waals surface area contributed by atoms with Crippen LogP contribution in [0.5, 0.6) is 0 Å². The average Bonchev–Trinajstić information content (AvgIpc) is 2.75. The van der Waals surface area contributed by atoms with Crippen LogP contribution in [0.25, 0.3) is 0 Å². The zero-order valence-electron chi connectivity index (χ0n) is 11.9. The quantitative estimate of drug-likeness (QED) is 0.471. The second kappa shape index (κ2) is 9.25. The van der Waals surface area contributed by atoms with Crippen LogP contribution in [0.4, 0.5) is 0 Å². The van der Waals surface area contributed by atoms with Crippen LogP contribution >= 0.6 is 0 Å². The molecule has 0 aromatic carbocycles. The van der Waals surface area contributed by atoms with Crippen LogP contribution in [0.1, 0.15) is 32.1 Å². The van der Waals surface area contributed by atoms with Gasteiger partial charge < -0.3 is 10.1 Å². The maximum atomic E-state index is 11.5. The fourth-order valence-electron chi connectivity index (χ4n) is 1.91. The molecule has 0 spiro atoms. The van der Waals surface area contributed by atoms with E-state index in [0.717, 1.165) is 37.2 Å². The molecule has 6 nitrogen and oxygen atoms in total. The highest BCUT2D eigenvalue weighted by Crippen LogP contribution is 2.04. The number of hydrogen-bond acceptors (Lipinski definition) is 4. The molecule has 0 fully saturated rings. The molecule has 1 aliphatic rings. The second-order valence-corrected chi connectivity index (χ2v) is 4.67. The van der Waals surface area contributed by atoms with Crippen molar-refractivity contribution in [1.29, 1.82) is 0 Å². The van der Waals surface area contributed by atoms with Gasteiger partial charge in [-0.05, 0) is 12.8 Å². The van der Waals surface area contributed by atoms with Crippen molar-refractivity contribution in [2.24, 2.45) is 0 Å². The van der Waals surface area contributed by atoms with E-state index >= 15 is 0 Å². The van der Waals surface area contributed by atoms with Crippen LogP contribution in [-0.2, 0) is 19.1 Å². The highest BCUT2D eigenvalue weighted by atomic mass is 16.5. The molecule has 1 aliphatic heterocycles.